The number of nitrogens with two attached hydrogens (primary N) is 1. The lowest BCUT2D eigenvalue weighted by molar-refractivity contribution is -0.119. The Kier molecular flexibility index (Phi) is 5.76. The number of benzene rings is 2. The average Bonchev–Trinajstić information content (AvgIpc) is 3.17. The SMILES string of the molecule is Cc1ccc(NC(=O)COC(=O)c2cncn2-c2ccccc2)cc1S(N)(=O)=O. The molecule has 0 radical (unpaired) electrons. The summed E-state index contributed by atoms with van der Waals surface area (Å²) < 4.78 is 29.7. The fourth-order valence-corrected chi connectivity index (χ4v) is 3.43. The molecule has 150 valence electrons. The third-order valence-corrected chi connectivity index (χ3v) is 5.05. The van der Waals surface area contributed by atoms with E-state index in [1.54, 1.807) is 23.6 Å². The number of carbonyl (C=O) groups excluding carboxylic acids is 2. The molecule has 0 aliphatic heterocycles. The summed E-state index contributed by atoms with van der Waals surface area (Å²) in [6.45, 7) is 1.03. The van der Waals surface area contributed by atoms with Crippen LogP contribution in [0.15, 0.2) is 66.0 Å². The first-order chi connectivity index (χ1) is 13.8. The number of rotatable bonds is 6. The van der Waals surface area contributed by atoms with Crippen LogP contribution in [-0.2, 0) is 19.6 Å². The number of aromatic nitrogens is 2. The number of anilines is 1. The van der Waals surface area contributed by atoms with Gasteiger partial charge in [-0.2, -0.15) is 0 Å². The Bertz CT molecular complexity index is 1160. The molecule has 1 amide bonds. The Morgan fingerprint density at radius 2 is 1.90 bits per heavy atom. The number of hydrogen-bond acceptors (Lipinski definition) is 6. The van der Waals surface area contributed by atoms with Crippen LogP contribution in [0, 0.1) is 6.92 Å². The lowest BCUT2D eigenvalue weighted by Crippen LogP contribution is -2.22. The quantitative estimate of drug-likeness (QED) is 0.589. The maximum atomic E-state index is 12.3. The van der Waals surface area contributed by atoms with Crippen LogP contribution in [0.25, 0.3) is 5.69 Å². The fourth-order valence-electron chi connectivity index (χ4n) is 2.63. The molecule has 2 aromatic carbocycles. The molecule has 0 unspecified atom stereocenters. The standard InChI is InChI=1S/C19H18N4O5S/c1-13-7-8-14(9-17(13)29(20,26)27)22-18(24)11-28-19(25)16-10-21-12-23(16)15-5-3-2-4-6-15/h2-10,12H,11H2,1H3,(H,22,24)(H2,20,26,27). The number of nitrogens with zero attached hydrogens (tertiary/aromatic N) is 2. The summed E-state index contributed by atoms with van der Waals surface area (Å²) in [6, 6.07) is 13.3. The third kappa shape index (κ3) is 4.86. The minimum Gasteiger partial charge on any atom is -0.451 e. The van der Waals surface area contributed by atoms with Gasteiger partial charge in [0.15, 0.2) is 12.3 Å². The normalized spacial score (nSPS) is 11.1. The number of esters is 1. The molecular weight excluding hydrogens is 396 g/mol. The van der Waals surface area contributed by atoms with Crippen molar-refractivity contribution in [2.45, 2.75) is 11.8 Å². The Balaban J connectivity index is 1.65. The molecule has 0 saturated carbocycles. The van der Waals surface area contributed by atoms with Crippen LogP contribution in [0.5, 0.6) is 0 Å². The lowest BCUT2D eigenvalue weighted by atomic mass is 10.2. The third-order valence-electron chi connectivity index (χ3n) is 3.99. The van der Waals surface area contributed by atoms with E-state index in [4.69, 9.17) is 9.88 Å². The first-order valence-corrected chi connectivity index (χ1v) is 9.98. The van der Waals surface area contributed by atoms with Crippen molar-refractivity contribution in [3.63, 3.8) is 0 Å². The molecular formula is C19H18N4O5S. The first kappa shape index (κ1) is 20.2. The molecule has 0 fully saturated rings. The van der Waals surface area contributed by atoms with Crippen LogP contribution in [0.3, 0.4) is 0 Å². The van der Waals surface area contributed by atoms with Gasteiger partial charge in [0.1, 0.15) is 0 Å². The molecule has 0 saturated heterocycles. The van der Waals surface area contributed by atoms with E-state index in [0.717, 1.165) is 5.69 Å². The van der Waals surface area contributed by atoms with Crippen LogP contribution in [0.4, 0.5) is 5.69 Å². The van der Waals surface area contributed by atoms with Crippen molar-refractivity contribution in [2.24, 2.45) is 5.14 Å². The van der Waals surface area contributed by atoms with Crippen molar-refractivity contribution in [3.05, 3.63) is 72.3 Å². The predicted molar refractivity (Wildman–Crippen MR) is 105 cm³/mol. The van der Waals surface area contributed by atoms with E-state index in [9.17, 15) is 18.0 Å². The Morgan fingerprint density at radius 3 is 2.59 bits per heavy atom. The molecule has 0 aliphatic rings. The molecule has 1 heterocycles. The van der Waals surface area contributed by atoms with Crippen molar-refractivity contribution < 1.29 is 22.7 Å². The van der Waals surface area contributed by atoms with Gasteiger partial charge in [0.05, 0.1) is 17.4 Å². The molecule has 0 atom stereocenters. The number of para-hydroxylation sites is 1. The van der Waals surface area contributed by atoms with Crippen molar-refractivity contribution in [2.75, 3.05) is 11.9 Å². The van der Waals surface area contributed by atoms with Gasteiger partial charge in [0.2, 0.25) is 10.0 Å². The minimum absolute atomic E-state index is 0.0981. The van der Waals surface area contributed by atoms with Gasteiger partial charge < -0.3 is 10.1 Å². The zero-order valence-corrected chi connectivity index (χ0v) is 16.2. The van der Waals surface area contributed by atoms with E-state index >= 15 is 0 Å². The second kappa shape index (κ2) is 8.25. The fraction of sp³-hybridized carbons (Fsp3) is 0.105. The summed E-state index contributed by atoms with van der Waals surface area (Å²) in [5, 5.41) is 7.62. The molecule has 0 bridgehead atoms. The zero-order valence-electron chi connectivity index (χ0n) is 15.4. The van der Waals surface area contributed by atoms with E-state index in [1.807, 2.05) is 18.2 Å². The highest BCUT2D eigenvalue weighted by Crippen LogP contribution is 2.19. The van der Waals surface area contributed by atoms with Crippen LogP contribution in [0.1, 0.15) is 16.1 Å². The summed E-state index contributed by atoms with van der Waals surface area (Å²) in [6.07, 6.45) is 2.80. The summed E-state index contributed by atoms with van der Waals surface area (Å²) >= 11 is 0. The Morgan fingerprint density at radius 1 is 1.17 bits per heavy atom. The Labute approximate surface area is 167 Å². The van der Waals surface area contributed by atoms with Crippen LogP contribution in [0.2, 0.25) is 0 Å². The van der Waals surface area contributed by atoms with E-state index in [2.05, 4.69) is 10.3 Å². The maximum absolute atomic E-state index is 12.3. The van der Waals surface area contributed by atoms with Gasteiger partial charge in [-0.05, 0) is 36.8 Å². The van der Waals surface area contributed by atoms with Crippen molar-refractivity contribution in [1.29, 1.82) is 0 Å². The topological polar surface area (TPSA) is 133 Å². The number of amides is 1. The summed E-state index contributed by atoms with van der Waals surface area (Å²) in [7, 11) is -3.92. The van der Waals surface area contributed by atoms with E-state index in [1.165, 1.54) is 30.7 Å². The number of nitrogens with one attached hydrogen (secondary N) is 1. The Hall–Kier alpha value is -3.50. The van der Waals surface area contributed by atoms with Crippen molar-refractivity contribution >= 4 is 27.6 Å². The van der Waals surface area contributed by atoms with Gasteiger partial charge in [0.25, 0.3) is 5.91 Å². The van der Waals surface area contributed by atoms with Gasteiger partial charge in [-0.3, -0.25) is 9.36 Å². The lowest BCUT2D eigenvalue weighted by Gasteiger charge is -2.10. The van der Waals surface area contributed by atoms with Crippen molar-refractivity contribution in [3.8, 4) is 5.69 Å². The summed E-state index contributed by atoms with van der Waals surface area (Å²) in [5.41, 5.74) is 1.55. The highest BCUT2D eigenvalue weighted by molar-refractivity contribution is 7.89. The van der Waals surface area contributed by atoms with Crippen molar-refractivity contribution in [1.82, 2.24) is 9.55 Å². The van der Waals surface area contributed by atoms with Gasteiger partial charge in [-0.1, -0.05) is 24.3 Å². The number of ether oxygens (including phenoxy) is 1. The second-order valence-electron chi connectivity index (χ2n) is 6.13. The largest absolute Gasteiger partial charge is 0.451 e. The monoisotopic (exact) mass is 414 g/mol. The van der Waals surface area contributed by atoms with Gasteiger partial charge in [-0.15, -0.1) is 0 Å². The number of primary sulfonamides is 1. The summed E-state index contributed by atoms with van der Waals surface area (Å²) in [4.78, 5) is 28.3. The number of imidazole rings is 1. The molecule has 0 aliphatic carbocycles. The van der Waals surface area contributed by atoms with Gasteiger partial charge >= 0.3 is 5.97 Å². The van der Waals surface area contributed by atoms with E-state index < -0.39 is 28.5 Å². The molecule has 10 heteroatoms. The molecule has 3 rings (SSSR count). The van der Waals surface area contributed by atoms with Crippen LogP contribution >= 0.6 is 0 Å². The number of carbonyl (C=O) groups is 2. The number of sulfonamides is 1. The molecule has 0 spiro atoms. The minimum atomic E-state index is -3.92. The smallest absolute Gasteiger partial charge is 0.357 e. The van der Waals surface area contributed by atoms with E-state index in [0.29, 0.717) is 5.56 Å². The second-order valence-corrected chi connectivity index (χ2v) is 7.66. The summed E-state index contributed by atoms with van der Waals surface area (Å²) in [5.74, 6) is -1.36. The van der Waals surface area contributed by atoms with Gasteiger partial charge in [0, 0.05) is 11.4 Å². The zero-order chi connectivity index (χ0) is 21.0. The first-order valence-electron chi connectivity index (χ1n) is 8.44. The van der Waals surface area contributed by atoms with E-state index in [-0.39, 0.29) is 16.3 Å². The molecule has 1 aromatic heterocycles. The highest BCUT2D eigenvalue weighted by Gasteiger charge is 2.17. The molecule has 3 aromatic rings. The highest BCUT2D eigenvalue weighted by atomic mass is 32.2. The average molecular weight is 414 g/mol. The molecule has 3 N–H and O–H groups in total. The number of aryl methyl sites for hydroxylation is 1. The molecule has 29 heavy (non-hydrogen) atoms. The van der Waals surface area contributed by atoms with Crippen LogP contribution < -0.4 is 10.5 Å². The maximum Gasteiger partial charge on any atom is 0.357 e. The number of hydrogen-bond donors (Lipinski definition) is 2. The van der Waals surface area contributed by atoms with Crippen LogP contribution in [-0.4, -0.2) is 36.5 Å². The predicted octanol–water partition coefficient (Wildman–Crippen LogP) is 1.62. The van der Waals surface area contributed by atoms with Gasteiger partial charge in [-0.25, -0.2) is 23.3 Å². The molecule has 9 nitrogen and oxygen atoms in total.